The van der Waals surface area contributed by atoms with Crippen molar-refractivity contribution in [3.05, 3.63) is 16.5 Å². The van der Waals surface area contributed by atoms with Crippen LogP contribution in [0.3, 0.4) is 0 Å². The number of nitrogens with one attached hydrogen (secondary N) is 1. The van der Waals surface area contributed by atoms with E-state index in [1.165, 1.54) is 6.42 Å². The van der Waals surface area contributed by atoms with Crippen molar-refractivity contribution in [3.63, 3.8) is 0 Å². The summed E-state index contributed by atoms with van der Waals surface area (Å²) in [6, 6.07) is 0.395. The van der Waals surface area contributed by atoms with Crippen molar-refractivity contribution in [1.29, 1.82) is 0 Å². The number of rotatable bonds is 6. The average molecular weight is 284 g/mol. The fourth-order valence-electron chi connectivity index (χ4n) is 1.79. The maximum atomic E-state index is 6.18. The van der Waals surface area contributed by atoms with Crippen LogP contribution in [0.25, 0.3) is 0 Å². The molecule has 1 aromatic rings. The standard InChI is InChI=1S/C15H26ClN3/c1-9(2)7-8-11(5)17-15-12(6)13(16)18-14(19-15)10(3)4/h9-11H,7-8H2,1-6H3,(H,17,18,19). The van der Waals surface area contributed by atoms with Crippen LogP contribution in [0.15, 0.2) is 0 Å². The zero-order chi connectivity index (χ0) is 14.6. The first-order valence-electron chi connectivity index (χ1n) is 7.11. The van der Waals surface area contributed by atoms with Crippen LogP contribution in [0.1, 0.15) is 64.8 Å². The molecule has 108 valence electrons. The second-order valence-corrected chi connectivity index (χ2v) is 6.38. The molecule has 1 N–H and O–H groups in total. The number of hydrogen-bond acceptors (Lipinski definition) is 3. The van der Waals surface area contributed by atoms with Gasteiger partial charge in [0.15, 0.2) is 0 Å². The molecule has 19 heavy (non-hydrogen) atoms. The molecule has 1 aromatic heterocycles. The molecular formula is C15H26ClN3. The van der Waals surface area contributed by atoms with Crippen LogP contribution >= 0.6 is 11.6 Å². The summed E-state index contributed by atoms with van der Waals surface area (Å²) < 4.78 is 0. The van der Waals surface area contributed by atoms with Crippen LogP contribution in [0.2, 0.25) is 5.15 Å². The lowest BCUT2D eigenvalue weighted by Crippen LogP contribution is -2.18. The lowest BCUT2D eigenvalue weighted by atomic mass is 10.0. The molecule has 0 aromatic carbocycles. The molecule has 1 unspecified atom stereocenters. The highest BCUT2D eigenvalue weighted by Gasteiger charge is 2.13. The molecule has 0 fully saturated rings. The third-order valence-electron chi connectivity index (χ3n) is 3.18. The normalized spacial score (nSPS) is 13.1. The summed E-state index contributed by atoms with van der Waals surface area (Å²) in [5.74, 6) is 2.68. The highest BCUT2D eigenvalue weighted by Crippen LogP contribution is 2.24. The smallest absolute Gasteiger partial charge is 0.137 e. The number of anilines is 1. The van der Waals surface area contributed by atoms with Gasteiger partial charge in [-0.2, -0.15) is 0 Å². The number of halogens is 1. The van der Waals surface area contributed by atoms with Crippen molar-refractivity contribution in [1.82, 2.24) is 9.97 Å². The van der Waals surface area contributed by atoms with Crippen LogP contribution in [-0.2, 0) is 0 Å². The van der Waals surface area contributed by atoms with E-state index in [1.54, 1.807) is 0 Å². The molecule has 1 rings (SSSR count). The van der Waals surface area contributed by atoms with Gasteiger partial charge in [0.25, 0.3) is 0 Å². The van der Waals surface area contributed by atoms with Gasteiger partial charge < -0.3 is 5.32 Å². The van der Waals surface area contributed by atoms with E-state index in [0.717, 1.165) is 29.5 Å². The maximum Gasteiger partial charge on any atom is 0.137 e. The third-order valence-corrected chi connectivity index (χ3v) is 3.55. The molecule has 1 atom stereocenters. The molecular weight excluding hydrogens is 258 g/mol. The van der Waals surface area contributed by atoms with Crippen LogP contribution in [0, 0.1) is 12.8 Å². The van der Waals surface area contributed by atoms with Crippen molar-refractivity contribution in [2.45, 2.75) is 66.3 Å². The van der Waals surface area contributed by atoms with E-state index in [9.17, 15) is 0 Å². The van der Waals surface area contributed by atoms with Gasteiger partial charge in [-0.25, -0.2) is 9.97 Å². The molecule has 0 aliphatic rings. The minimum absolute atomic E-state index is 0.282. The minimum Gasteiger partial charge on any atom is -0.367 e. The first-order valence-corrected chi connectivity index (χ1v) is 7.49. The number of aromatic nitrogens is 2. The van der Waals surface area contributed by atoms with E-state index < -0.39 is 0 Å². The van der Waals surface area contributed by atoms with Gasteiger partial charge in [0.1, 0.15) is 16.8 Å². The van der Waals surface area contributed by atoms with Crippen LogP contribution in [0.4, 0.5) is 5.82 Å². The van der Waals surface area contributed by atoms with Gasteiger partial charge in [0, 0.05) is 17.5 Å². The highest BCUT2D eigenvalue weighted by molar-refractivity contribution is 6.30. The van der Waals surface area contributed by atoms with E-state index in [-0.39, 0.29) is 5.92 Å². The predicted molar refractivity (Wildman–Crippen MR) is 83.0 cm³/mol. The molecule has 0 bridgehead atoms. The van der Waals surface area contributed by atoms with Crippen LogP contribution in [0.5, 0.6) is 0 Å². The summed E-state index contributed by atoms with van der Waals surface area (Å²) in [7, 11) is 0. The lowest BCUT2D eigenvalue weighted by Gasteiger charge is -2.18. The van der Waals surface area contributed by atoms with E-state index in [1.807, 2.05) is 6.92 Å². The van der Waals surface area contributed by atoms with Crippen LogP contribution < -0.4 is 5.32 Å². The third kappa shape index (κ3) is 4.98. The van der Waals surface area contributed by atoms with Crippen LogP contribution in [-0.4, -0.2) is 16.0 Å². The summed E-state index contributed by atoms with van der Waals surface area (Å²) in [6.07, 6.45) is 2.35. The fourth-order valence-corrected chi connectivity index (χ4v) is 1.97. The van der Waals surface area contributed by atoms with Crippen molar-refractivity contribution >= 4 is 17.4 Å². The van der Waals surface area contributed by atoms with Gasteiger partial charge in [0.05, 0.1) is 0 Å². The highest BCUT2D eigenvalue weighted by atomic mass is 35.5. The van der Waals surface area contributed by atoms with Crippen molar-refractivity contribution in [3.8, 4) is 0 Å². The Kier molecular flexibility index (Phi) is 6.05. The lowest BCUT2D eigenvalue weighted by molar-refractivity contribution is 0.526. The van der Waals surface area contributed by atoms with Crippen molar-refractivity contribution in [2.24, 2.45) is 5.92 Å². The first-order chi connectivity index (χ1) is 8.81. The molecule has 0 aliphatic heterocycles. The van der Waals surface area contributed by atoms with E-state index >= 15 is 0 Å². The molecule has 0 aliphatic carbocycles. The first kappa shape index (κ1) is 16.2. The Bertz CT molecular complexity index is 416. The SMILES string of the molecule is Cc1c(Cl)nc(C(C)C)nc1NC(C)CCC(C)C. The minimum atomic E-state index is 0.282. The molecule has 1 heterocycles. The summed E-state index contributed by atoms with van der Waals surface area (Å²) in [5, 5.41) is 4.02. The van der Waals surface area contributed by atoms with E-state index in [2.05, 4.69) is 49.9 Å². The maximum absolute atomic E-state index is 6.18. The Morgan fingerprint density at radius 2 is 1.68 bits per heavy atom. The molecule has 4 heteroatoms. The monoisotopic (exact) mass is 283 g/mol. The number of hydrogen-bond donors (Lipinski definition) is 1. The number of nitrogens with zero attached hydrogens (tertiary/aromatic N) is 2. The molecule has 0 amide bonds. The topological polar surface area (TPSA) is 37.8 Å². The van der Waals surface area contributed by atoms with Crippen molar-refractivity contribution < 1.29 is 0 Å². The van der Waals surface area contributed by atoms with Gasteiger partial charge >= 0.3 is 0 Å². The summed E-state index contributed by atoms with van der Waals surface area (Å²) >= 11 is 6.18. The van der Waals surface area contributed by atoms with Crippen molar-refractivity contribution in [2.75, 3.05) is 5.32 Å². The van der Waals surface area contributed by atoms with Gasteiger partial charge in [-0.15, -0.1) is 0 Å². The Hall–Kier alpha value is -0.830. The second kappa shape index (κ2) is 7.09. The largest absolute Gasteiger partial charge is 0.367 e. The fraction of sp³-hybridized carbons (Fsp3) is 0.733. The molecule has 0 radical (unpaired) electrons. The average Bonchev–Trinajstić information content (AvgIpc) is 2.31. The molecule has 0 saturated carbocycles. The Morgan fingerprint density at radius 1 is 1.05 bits per heavy atom. The Morgan fingerprint density at radius 3 is 2.21 bits per heavy atom. The predicted octanol–water partition coefficient (Wildman–Crippen LogP) is 4.80. The Labute approximate surface area is 122 Å². The second-order valence-electron chi connectivity index (χ2n) is 6.02. The van der Waals surface area contributed by atoms with E-state index in [0.29, 0.717) is 11.2 Å². The zero-order valence-electron chi connectivity index (χ0n) is 12.9. The van der Waals surface area contributed by atoms with Gasteiger partial charge in [-0.3, -0.25) is 0 Å². The zero-order valence-corrected chi connectivity index (χ0v) is 13.7. The van der Waals surface area contributed by atoms with E-state index in [4.69, 9.17) is 11.6 Å². The quantitative estimate of drug-likeness (QED) is 0.762. The summed E-state index contributed by atoms with van der Waals surface area (Å²) in [4.78, 5) is 8.92. The molecule has 3 nitrogen and oxygen atoms in total. The summed E-state index contributed by atoms with van der Waals surface area (Å²) in [5.41, 5.74) is 0.933. The molecule has 0 saturated heterocycles. The van der Waals surface area contributed by atoms with Gasteiger partial charge in [0.2, 0.25) is 0 Å². The van der Waals surface area contributed by atoms with Gasteiger partial charge in [-0.05, 0) is 32.6 Å². The van der Waals surface area contributed by atoms with Gasteiger partial charge in [-0.1, -0.05) is 39.3 Å². The Balaban J connectivity index is 2.82. The summed E-state index contributed by atoms with van der Waals surface area (Å²) in [6.45, 7) is 12.8. The molecule has 0 spiro atoms.